The fraction of sp³-hybridized carbons (Fsp3) is 0.667. The number of ketones is 1. The average Bonchev–Trinajstić information content (AvgIpc) is 2.86. The summed E-state index contributed by atoms with van der Waals surface area (Å²) in [5.74, 6) is 0.923. The first kappa shape index (κ1) is 20.2. The van der Waals surface area contributed by atoms with Gasteiger partial charge in [0.15, 0.2) is 5.78 Å². The number of fused-ring (bicyclic) bond motifs is 1. The lowest BCUT2D eigenvalue weighted by Crippen LogP contribution is -2.23. The molecule has 2 atom stereocenters. The molecule has 0 bridgehead atoms. The maximum atomic E-state index is 13.1. The Balaban J connectivity index is 1.95. The second kappa shape index (κ2) is 9.55. The number of hydrogen-bond acceptors (Lipinski definition) is 1. The summed E-state index contributed by atoms with van der Waals surface area (Å²) in [4.78, 5) is 13.1. The summed E-state index contributed by atoms with van der Waals surface area (Å²) in [6, 6.07) is 6.68. The van der Waals surface area contributed by atoms with Crippen LogP contribution in [0, 0.1) is 11.8 Å². The van der Waals surface area contributed by atoms with Crippen molar-refractivity contribution in [3.8, 4) is 0 Å². The number of rotatable bonds is 11. The highest BCUT2D eigenvalue weighted by atomic mass is 16.1. The number of carbonyl (C=O) groups excluding carboxylic acids is 1. The van der Waals surface area contributed by atoms with Crippen molar-refractivity contribution in [3.63, 3.8) is 0 Å². The zero-order chi connectivity index (χ0) is 18.3. The van der Waals surface area contributed by atoms with Crippen LogP contribution in [0.1, 0.15) is 113 Å². The van der Waals surface area contributed by atoms with Crippen LogP contribution in [0.5, 0.6) is 0 Å². The predicted molar refractivity (Wildman–Crippen MR) is 108 cm³/mol. The van der Waals surface area contributed by atoms with Crippen LogP contribution < -0.4 is 0 Å². The van der Waals surface area contributed by atoms with Gasteiger partial charge in [-0.15, -0.1) is 0 Å². The third-order valence-electron chi connectivity index (χ3n) is 6.05. The summed E-state index contributed by atoms with van der Waals surface area (Å²) < 4.78 is 0. The maximum Gasteiger partial charge on any atom is 0.169 e. The first-order valence-corrected chi connectivity index (χ1v) is 10.5. The molecule has 0 saturated carbocycles. The molecule has 1 aliphatic carbocycles. The SMILES string of the molecule is C[CH]CCC(C)c1ccc2c(c1)C(=O)C(C)(CCCCCCCC)C2. The highest BCUT2D eigenvalue weighted by Gasteiger charge is 2.40. The maximum absolute atomic E-state index is 13.1. The van der Waals surface area contributed by atoms with Gasteiger partial charge in [0.25, 0.3) is 0 Å². The predicted octanol–water partition coefficient (Wildman–Crippen LogP) is 7.29. The van der Waals surface area contributed by atoms with Crippen molar-refractivity contribution in [1.29, 1.82) is 0 Å². The van der Waals surface area contributed by atoms with Crippen LogP contribution in [-0.4, -0.2) is 5.78 Å². The van der Waals surface area contributed by atoms with E-state index < -0.39 is 0 Å². The van der Waals surface area contributed by atoms with E-state index in [0.717, 1.165) is 24.8 Å². The van der Waals surface area contributed by atoms with Crippen molar-refractivity contribution in [3.05, 3.63) is 41.3 Å². The zero-order valence-electron chi connectivity index (χ0n) is 16.9. The molecular formula is C24H37O. The fourth-order valence-electron chi connectivity index (χ4n) is 4.17. The number of unbranched alkanes of at least 4 members (excludes halogenated alkanes) is 6. The Morgan fingerprint density at radius 2 is 1.88 bits per heavy atom. The van der Waals surface area contributed by atoms with Crippen molar-refractivity contribution in [2.75, 3.05) is 0 Å². The normalized spacial score (nSPS) is 20.7. The molecule has 1 aromatic rings. The Labute approximate surface area is 155 Å². The lowest BCUT2D eigenvalue weighted by molar-refractivity contribution is 0.0826. The van der Waals surface area contributed by atoms with Gasteiger partial charge in [-0.2, -0.15) is 0 Å². The Morgan fingerprint density at radius 3 is 2.60 bits per heavy atom. The van der Waals surface area contributed by atoms with Crippen molar-refractivity contribution < 1.29 is 4.79 Å². The minimum Gasteiger partial charge on any atom is -0.294 e. The van der Waals surface area contributed by atoms with Gasteiger partial charge in [0.05, 0.1) is 0 Å². The summed E-state index contributed by atoms with van der Waals surface area (Å²) in [5.41, 5.74) is 3.46. The number of carbonyl (C=O) groups is 1. The average molecular weight is 342 g/mol. The van der Waals surface area contributed by atoms with Gasteiger partial charge in [-0.1, -0.05) is 78.4 Å². The first-order chi connectivity index (χ1) is 12.0. The molecule has 0 saturated heterocycles. The minimum atomic E-state index is -0.161. The van der Waals surface area contributed by atoms with Crippen molar-refractivity contribution in [2.24, 2.45) is 5.41 Å². The molecule has 2 rings (SSSR count). The van der Waals surface area contributed by atoms with Gasteiger partial charge < -0.3 is 0 Å². The van der Waals surface area contributed by atoms with E-state index in [1.165, 1.54) is 56.1 Å². The second-order valence-electron chi connectivity index (χ2n) is 8.39. The topological polar surface area (TPSA) is 17.1 Å². The van der Waals surface area contributed by atoms with Crippen LogP contribution in [0.4, 0.5) is 0 Å². The van der Waals surface area contributed by atoms with Crippen LogP contribution >= 0.6 is 0 Å². The van der Waals surface area contributed by atoms with E-state index in [-0.39, 0.29) is 5.41 Å². The molecule has 1 heteroatoms. The zero-order valence-corrected chi connectivity index (χ0v) is 16.9. The van der Waals surface area contributed by atoms with Gasteiger partial charge >= 0.3 is 0 Å². The summed E-state index contributed by atoms with van der Waals surface area (Å²) in [6.45, 7) is 8.84. The molecule has 25 heavy (non-hydrogen) atoms. The Hall–Kier alpha value is -1.11. The van der Waals surface area contributed by atoms with E-state index in [1.54, 1.807) is 0 Å². The van der Waals surface area contributed by atoms with Crippen LogP contribution in [0.3, 0.4) is 0 Å². The van der Waals surface area contributed by atoms with Gasteiger partial charge in [-0.05, 0) is 55.2 Å². The standard InChI is InChI=1S/C24H37O/c1-5-7-9-10-11-12-16-24(4)18-21-15-14-20(17-22(21)23(24)25)19(3)13-8-6-2/h6,14-15,17,19H,5,7-13,16,18H2,1-4H3. The van der Waals surface area contributed by atoms with Crippen LogP contribution in [0.15, 0.2) is 18.2 Å². The van der Waals surface area contributed by atoms with Crippen molar-refractivity contribution in [1.82, 2.24) is 0 Å². The fourth-order valence-corrected chi connectivity index (χ4v) is 4.17. The monoisotopic (exact) mass is 341 g/mol. The second-order valence-corrected chi connectivity index (χ2v) is 8.39. The summed E-state index contributed by atoms with van der Waals surface area (Å²) >= 11 is 0. The molecule has 1 radical (unpaired) electrons. The van der Waals surface area contributed by atoms with Crippen molar-refractivity contribution in [2.45, 2.75) is 97.8 Å². The Kier molecular flexibility index (Phi) is 7.72. The van der Waals surface area contributed by atoms with Crippen LogP contribution in [0.25, 0.3) is 0 Å². The smallest absolute Gasteiger partial charge is 0.169 e. The molecular weight excluding hydrogens is 304 g/mol. The summed E-state index contributed by atoms with van der Waals surface area (Å²) in [6.07, 6.45) is 14.3. The molecule has 0 spiro atoms. The number of Topliss-reactive ketones (excluding diaryl/α,β-unsaturated/α-hetero) is 1. The molecule has 2 unspecified atom stereocenters. The molecule has 0 amide bonds. The van der Waals surface area contributed by atoms with E-state index >= 15 is 0 Å². The van der Waals surface area contributed by atoms with Crippen molar-refractivity contribution >= 4 is 5.78 Å². The molecule has 139 valence electrons. The summed E-state index contributed by atoms with van der Waals surface area (Å²) in [7, 11) is 0. The highest BCUT2D eigenvalue weighted by Crippen LogP contribution is 2.41. The molecule has 1 nitrogen and oxygen atoms in total. The third kappa shape index (κ3) is 5.19. The quantitative estimate of drug-likeness (QED) is 0.386. The molecule has 0 aliphatic heterocycles. The van der Waals surface area contributed by atoms with E-state index in [9.17, 15) is 4.79 Å². The lowest BCUT2D eigenvalue weighted by Gasteiger charge is -2.21. The van der Waals surface area contributed by atoms with Crippen LogP contribution in [0.2, 0.25) is 0 Å². The molecule has 1 aliphatic rings. The van der Waals surface area contributed by atoms with Gasteiger partial charge in [-0.3, -0.25) is 4.79 Å². The van der Waals surface area contributed by atoms with Gasteiger partial charge in [-0.25, -0.2) is 0 Å². The van der Waals surface area contributed by atoms with Gasteiger partial charge in [0.1, 0.15) is 0 Å². The van der Waals surface area contributed by atoms with E-state index in [2.05, 4.69) is 52.3 Å². The third-order valence-corrected chi connectivity index (χ3v) is 6.05. The Bertz CT molecular complexity index is 559. The number of hydrogen-bond donors (Lipinski definition) is 0. The summed E-state index contributed by atoms with van der Waals surface area (Å²) in [5, 5.41) is 0. The van der Waals surface area contributed by atoms with E-state index in [0.29, 0.717) is 11.7 Å². The largest absolute Gasteiger partial charge is 0.294 e. The van der Waals surface area contributed by atoms with Gasteiger partial charge in [0, 0.05) is 11.0 Å². The van der Waals surface area contributed by atoms with E-state index in [4.69, 9.17) is 0 Å². The molecule has 0 aromatic heterocycles. The first-order valence-electron chi connectivity index (χ1n) is 10.5. The molecule has 1 aromatic carbocycles. The highest BCUT2D eigenvalue weighted by molar-refractivity contribution is 6.04. The van der Waals surface area contributed by atoms with Gasteiger partial charge in [0.2, 0.25) is 0 Å². The molecule has 0 heterocycles. The van der Waals surface area contributed by atoms with Crippen LogP contribution in [-0.2, 0) is 6.42 Å². The van der Waals surface area contributed by atoms with E-state index in [1.807, 2.05) is 0 Å². The molecule has 0 N–H and O–H groups in total. The number of benzene rings is 1. The minimum absolute atomic E-state index is 0.161. The lowest BCUT2D eigenvalue weighted by atomic mass is 9.81. The molecule has 0 fully saturated rings. The Morgan fingerprint density at radius 1 is 1.16 bits per heavy atom.